The van der Waals surface area contributed by atoms with E-state index in [1.807, 2.05) is 64.3 Å². The van der Waals surface area contributed by atoms with E-state index in [4.69, 9.17) is 33.9 Å². The summed E-state index contributed by atoms with van der Waals surface area (Å²) in [4.78, 5) is 57.6. The van der Waals surface area contributed by atoms with E-state index in [-0.39, 0.29) is 49.7 Å². The quantitative estimate of drug-likeness (QED) is 0.0349. The smallest absolute Gasteiger partial charge is 0.310 e. The van der Waals surface area contributed by atoms with E-state index < -0.39 is 5.97 Å². The molecule has 0 spiro atoms. The molecule has 0 saturated carbocycles. The van der Waals surface area contributed by atoms with E-state index in [2.05, 4.69) is 71.0 Å². The molecule has 4 unspecified atom stereocenters. The summed E-state index contributed by atoms with van der Waals surface area (Å²) in [7, 11) is 1.35. The third-order valence-corrected chi connectivity index (χ3v) is 15.3. The van der Waals surface area contributed by atoms with Gasteiger partial charge in [-0.15, -0.1) is 0 Å². The van der Waals surface area contributed by atoms with E-state index in [0.29, 0.717) is 91.3 Å². The van der Waals surface area contributed by atoms with Crippen LogP contribution in [0.3, 0.4) is 0 Å². The fraction of sp³-hybridized carbons (Fsp3) is 0.587. The maximum absolute atomic E-state index is 14.5. The summed E-state index contributed by atoms with van der Waals surface area (Å²) in [5.41, 5.74) is 11.8. The van der Waals surface area contributed by atoms with Gasteiger partial charge in [0.25, 0.3) is 5.91 Å². The lowest BCUT2D eigenvalue weighted by Gasteiger charge is -2.20. The topological polar surface area (TPSA) is 161 Å². The molecular weight excluding hydrogens is 953 g/mol. The first-order valence-electron chi connectivity index (χ1n) is 28.5. The Morgan fingerprint density at radius 2 is 1.49 bits per heavy atom. The van der Waals surface area contributed by atoms with Gasteiger partial charge >= 0.3 is 11.9 Å². The zero-order valence-corrected chi connectivity index (χ0v) is 48.4. The van der Waals surface area contributed by atoms with Gasteiger partial charge in [0.05, 0.1) is 66.5 Å². The van der Waals surface area contributed by atoms with Gasteiger partial charge in [-0.2, -0.15) is 0 Å². The van der Waals surface area contributed by atoms with Gasteiger partial charge in [-0.05, 0) is 119 Å². The van der Waals surface area contributed by atoms with Crippen molar-refractivity contribution < 1.29 is 33.3 Å². The van der Waals surface area contributed by atoms with Crippen LogP contribution in [-0.2, 0) is 33.3 Å². The Labute approximate surface area is 456 Å². The lowest BCUT2D eigenvalue weighted by Crippen LogP contribution is -2.32. The van der Waals surface area contributed by atoms with Crippen LogP contribution >= 0.6 is 0 Å². The fourth-order valence-corrected chi connectivity index (χ4v) is 10.6. The number of amides is 1. The van der Waals surface area contributed by atoms with Crippen LogP contribution in [0, 0.1) is 29.6 Å². The summed E-state index contributed by atoms with van der Waals surface area (Å²) in [5.74, 6) is 0.662. The first kappa shape index (κ1) is 61.2. The van der Waals surface area contributed by atoms with Gasteiger partial charge in [0, 0.05) is 78.9 Å². The molecule has 4 atom stereocenters. The van der Waals surface area contributed by atoms with Crippen molar-refractivity contribution in [3.63, 3.8) is 0 Å². The minimum Gasteiger partial charge on any atom is -0.469 e. The highest BCUT2D eigenvalue weighted by atomic mass is 16.5. The van der Waals surface area contributed by atoms with Crippen LogP contribution in [-0.4, -0.2) is 88.2 Å². The molecule has 1 saturated heterocycles. The fourth-order valence-electron chi connectivity index (χ4n) is 10.6. The molecular formula is C63H92N6O7. The molecule has 1 amide bonds. The highest BCUT2D eigenvalue weighted by molar-refractivity contribution is 6.31. The predicted molar refractivity (Wildman–Crippen MR) is 310 cm³/mol. The van der Waals surface area contributed by atoms with Crippen molar-refractivity contribution in [2.24, 2.45) is 44.6 Å². The van der Waals surface area contributed by atoms with Crippen LogP contribution < -0.4 is 16.0 Å². The third kappa shape index (κ3) is 17.2. The molecule has 76 heavy (non-hydrogen) atoms. The average molecular weight is 1050 g/mol. The highest BCUT2D eigenvalue weighted by Gasteiger charge is 2.40. The number of hydrogen-bond acceptors (Lipinski definition) is 12. The van der Waals surface area contributed by atoms with E-state index in [1.165, 1.54) is 57.6 Å². The zero-order chi connectivity index (χ0) is 55.3. The molecule has 5 rings (SSSR count). The Balaban J connectivity index is 1.48. The number of carbonyl (C=O) groups is 3. The maximum atomic E-state index is 14.5. The number of nitrogens with one attached hydrogen (secondary N) is 3. The molecule has 0 aliphatic carbocycles. The zero-order valence-electron chi connectivity index (χ0n) is 48.4. The molecule has 5 heterocycles. The average Bonchev–Trinajstić information content (AvgIpc) is 4.08. The van der Waals surface area contributed by atoms with Gasteiger partial charge in [-0.25, -0.2) is 15.0 Å². The minimum atomic E-state index is -0.498. The van der Waals surface area contributed by atoms with Crippen molar-refractivity contribution in [2.75, 3.05) is 53.2 Å². The number of allylic oxidation sites excluding steroid dienone is 11. The number of hydrogen-bond donors (Lipinski definition) is 3. The van der Waals surface area contributed by atoms with E-state index in [0.717, 1.165) is 69.8 Å². The van der Waals surface area contributed by atoms with Crippen molar-refractivity contribution in [1.82, 2.24) is 16.0 Å². The van der Waals surface area contributed by atoms with Crippen molar-refractivity contribution in [1.29, 1.82) is 0 Å². The summed E-state index contributed by atoms with van der Waals surface area (Å²) in [6.07, 6.45) is 24.0. The second-order valence-corrected chi connectivity index (χ2v) is 21.5. The monoisotopic (exact) mass is 1040 g/mol. The van der Waals surface area contributed by atoms with Gasteiger partial charge in [-0.3, -0.25) is 14.4 Å². The molecule has 8 bridgehead atoms. The van der Waals surface area contributed by atoms with E-state index >= 15 is 0 Å². The molecule has 5 aliphatic rings. The summed E-state index contributed by atoms with van der Waals surface area (Å²) < 4.78 is 22.4. The molecule has 13 nitrogen and oxygen atoms in total. The molecule has 0 radical (unpaired) electrons. The van der Waals surface area contributed by atoms with Crippen molar-refractivity contribution >= 4 is 35.0 Å². The number of methoxy groups -OCH3 is 1. The van der Waals surface area contributed by atoms with Gasteiger partial charge in [0.1, 0.15) is 6.61 Å². The number of nitrogens with zero attached hydrogens (tertiary/aromatic N) is 3. The SMILES string of the molecule is C=CC1=C(C)C2=NC1=CC1=NC(=C(CC)/C1=C\NCCOCC)C=C1N=C(C(CC(=O)OC)=C3NC(=C2)C(C)C3CCC(=O)OC/C=C(\C)CCCC(C)CCCC(C)CCCC(C)C)C(C(=O)NCCOCC)=C1C. The molecule has 13 heteroatoms. The van der Waals surface area contributed by atoms with Gasteiger partial charge in [0.2, 0.25) is 0 Å². The van der Waals surface area contributed by atoms with Crippen LogP contribution in [0.5, 0.6) is 0 Å². The Morgan fingerprint density at radius 3 is 2.14 bits per heavy atom. The second-order valence-electron chi connectivity index (χ2n) is 21.5. The normalized spacial score (nSPS) is 19.9. The second kappa shape index (κ2) is 30.9. The molecule has 0 aromatic rings. The first-order chi connectivity index (χ1) is 36.5. The molecule has 0 aromatic carbocycles. The third-order valence-electron chi connectivity index (χ3n) is 15.3. The van der Waals surface area contributed by atoms with Crippen LogP contribution in [0.15, 0.2) is 131 Å². The molecule has 3 N–H and O–H groups in total. The Morgan fingerprint density at radius 1 is 0.803 bits per heavy atom. The minimum absolute atomic E-state index is 0.134. The largest absolute Gasteiger partial charge is 0.469 e. The maximum Gasteiger partial charge on any atom is 0.310 e. The molecule has 5 aliphatic heterocycles. The van der Waals surface area contributed by atoms with Crippen LogP contribution in [0.1, 0.15) is 160 Å². The van der Waals surface area contributed by atoms with Crippen LogP contribution in [0.2, 0.25) is 0 Å². The van der Waals surface area contributed by atoms with Crippen LogP contribution in [0.4, 0.5) is 0 Å². The summed E-state index contributed by atoms with van der Waals surface area (Å²) >= 11 is 0. The predicted octanol–water partition coefficient (Wildman–Crippen LogP) is 12.5. The Kier molecular flexibility index (Phi) is 24.9. The summed E-state index contributed by atoms with van der Waals surface area (Å²) in [5, 5.41) is 10.2. The highest BCUT2D eigenvalue weighted by Crippen LogP contribution is 2.43. The number of esters is 2. The van der Waals surface area contributed by atoms with Gasteiger partial charge in [-0.1, -0.05) is 105 Å². The van der Waals surface area contributed by atoms with Crippen molar-refractivity contribution in [3.05, 3.63) is 116 Å². The molecule has 0 aromatic heterocycles. The van der Waals surface area contributed by atoms with Crippen LogP contribution in [0.25, 0.3) is 0 Å². The van der Waals surface area contributed by atoms with Gasteiger partial charge in [0.15, 0.2) is 0 Å². The van der Waals surface area contributed by atoms with E-state index in [1.54, 1.807) is 0 Å². The Hall–Kier alpha value is -5.66. The van der Waals surface area contributed by atoms with Gasteiger partial charge < -0.3 is 34.9 Å². The number of carbonyl (C=O) groups excluding carboxylic acids is 3. The number of aliphatic imine (C=N–C) groups is 3. The standard InChI is InChI=1S/C63H92N6O7/c1-14-47-44(10)52-36-53-45(11)49(27-28-58(70)76-32-29-43(9)26-20-25-42(8)24-19-23-41(7)22-18-21-40(5)6)61(68-53)50(35-59(71)73-13)62-60(63(72)65-31-34-75-17-4)46(12)54(69-62)37-56-48(15-2)51(39-64-30-33-74-16-3)57(67-56)38-55(47)66-52/h14,29,36-42,45,49,64,68H,1,15-28,30-35H2,2-13H3,(H,65,72)/b43-29+,51-39+,53-36?,54-37?,55-38?,61-50?. The lowest BCUT2D eigenvalue weighted by molar-refractivity contribution is -0.143. The van der Waals surface area contributed by atoms with Crippen molar-refractivity contribution in [3.8, 4) is 0 Å². The number of rotatable bonds is 31. The first-order valence-corrected chi connectivity index (χ1v) is 28.5. The number of fused-ring (bicyclic) bond motifs is 5. The molecule has 1 fully saturated rings. The van der Waals surface area contributed by atoms with Crippen molar-refractivity contribution in [2.45, 2.75) is 160 Å². The van der Waals surface area contributed by atoms with E-state index in [9.17, 15) is 14.4 Å². The lowest BCUT2D eigenvalue weighted by atomic mass is 9.84. The summed E-state index contributed by atoms with van der Waals surface area (Å²) in [6.45, 7) is 30.8. The summed E-state index contributed by atoms with van der Waals surface area (Å²) in [6, 6.07) is 0. The molecule has 416 valence electrons. The Bertz CT molecular complexity index is 2500. The number of ether oxygens (including phenoxy) is 4.